The average molecular weight is 346 g/mol. The summed E-state index contributed by atoms with van der Waals surface area (Å²) in [7, 11) is 0. The highest BCUT2D eigenvalue weighted by Crippen LogP contribution is 2.17. The van der Waals surface area contributed by atoms with Crippen molar-refractivity contribution in [3.63, 3.8) is 0 Å². The first-order valence-corrected chi connectivity index (χ1v) is 8.61. The zero-order valence-corrected chi connectivity index (χ0v) is 14.4. The van der Waals surface area contributed by atoms with Gasteiger partial charge >= 0.3 is 0 Å². The van der Waals surface area contributed by atoms with E-state index in [0.29, 0.717) is 13.0 Å². The molecule has 2 unspecified atom stereocenters. The number of benzene rings is 1. The third-order valence-electron chi connectivity index (χ3n) is 4.26. The minimum atomic E-state index is -0.303. The molecule has 0 aliphatic carbocycles. The van der Waals surface area contributed by atoms with Crippen molar-refractivity contribution in [2.45, 2.75) is 44.4 Å². The maximum absolute atomic E-state index is 12.3. The maximum atomic E-state index is 12.3. The lowest BCUT2D eigenvalue weighted by Crippen LogP contribution is -2.40. The Morgan fingerprint density at radius 2 is 2.12 bits per heavy atom. The van der Waals surface area contributed by atoms with Crippen LogP contribution in [0.2, 0.25) is 0 Å². The van der Waals surface area contributed by atoms with E-state index in [1.165, 1.54) is 6.08 Å². The molecule has 2 atom stereocenters. The van der Waals surface area contributed by atoms with Gasteiger partial charge in [-0.1, -0.05) is 30.8 Å². The minimum Gasteiger partial charge on any atom is -0.394 e. The summed E-state index contributed by atoms with van der Waals surface area (Å²) in [5.74, 6) is -0.407. The summed E-state index contributed by atoms with van der Waals surface area (Å²) < 4.78 is 5.56. The van der Waals surface area contributed by atoms with Gasteiger partial charge in [-0.15, -0.1) is 0 Å². The molecule has 1 heterocycles. The molecule has 6 nitrogen and oxygen atoms in total. The van der Waals surface area contributed by atoms with Gasteiger partial charge in [-0.2, -0.15) is 0 Å². The van der Waals surface area contributed by atoms with Gasteiger partial charge in [-0.25, -0.2) is 0 Å². The number of aliphatic hydroxyl groups excluding tert-OH is 1. The lowest BCUT2D eigenvalue weighted by Gasteiger charge is -2.20. The molecule has 1 fully saturated rings. The molecule has 1 aromatic carbocycles. The third kappa shape index (κ3) is 6.32. The Bertz CT molecular complexity index is 597. The predicted molar refractivity (Wildman–Crippen MR) is 94.8 cm³/mol. The van der Waals surface area contributed by atoms with Gasteiger partial charge in [0.15, 0.2) is 0 Å². The summed E-state index contributed by atoms with van der Waals surface area (Å²) >= 11 is 0. The van der Waals surface area contributed by atoms with Crippen LogP contribution in [0.4, 0.5) is 0 Å². The molecule has 0 aromatic heterocycles. The monoisotopic (exact) mass is 346 g/mol. The van der Waals surface area contributed by atoms with Gasteiger partial charge < -0.3 is 20.5 Å². The summed E-state index contributed by atoms with van der Waals surface area (Å²) in [6, 6.07) is 7.16. The van der Waals surface area contributed by atoms with Crippen molar-refractivity contribution in [3.8, 4) is 0 Å². The number of carbonyl (C=O) groups is 2. The fourth-order valence-corrected chi connectivity index (χ4v) is 2.94. The molecule has 0 radical (unpaired) electrons. The number of carbonyl (C=O) groups excluding carboxylic acids is 2. The summed E-state index contributed by atoms with van der Waals surface area (Å²) in [6.45, 7) is 4.40. The van der Waals surface area contributed by atoms with Gasteiger partial charge in [-0.05, 0) is 36.5 Å². The summed E-state index contributed by atoms with van der Waals surface area (Å²) in [4.78, 5) is 23.7. The van der Waals surface area contributed by atoms with E-state index < -0.39 is 0 Å². The lowest BCUT2D eigenvalue weighted by atomic mass is 10.0. The van der Waals surface area contributed by atoms with Crippen LogP contribution in [0.5, 0.6) is 0 Å². The molecule has 1 saturated heterocycles. The highest BCUT2D eigenvalue weighted by Gasteiger charge is 2.22. The molecule has 0 bridgehead atoms. The largest absolute Gasteiger partial charge is 0.394 e. The quantitative estimate of drug-likeness (QED) is 0.584. The van der Waals surface area contributed by atoms with E-state index in [-0.39, 0.29) is 37.0 Å². The first-order valence-electron chi connectivity index (χ1n) is 8.61. The van der Waals surface area contributed by atoms with Crippen LogP contribution in [-0.2, 0) is 27.3 Å². The zero-order valence-electron chi connectivity index (χ0n) is 14.4. The maximum Gasteiger partial charge on any atom is 0.243 e. The van der Waals surface area contributed by atoms with E-state index in [2.05, 4.69) is 17.2 Å². The molecule has 1 aliphatic rings. The molecule has 1 aliphatic heterocycles. The van der Waals surface area contributed by atoms with E-state index in [1.807, 2.05) is 24.3 Å². The van der Waals surface area contributed by atoms with Crippen LogP contribution in [0.1, 0.15) is 30.4 Å². The van der Waals surface area contributed by atoms with E-state index in [0.717, 1.165) is 30.6 Å². The van der Waals surface area contributed by atoms with E-state index >= 15 is 0 Å². The van der Waals surface area contributed by atoms with E-state index in [4.69, 9.17) is 4.74 Å². The van der Waals surface area contributed by atoms with E-state index in [9.17, 15) is 14.7 Å². The van der Waals surface area contributed by atoms with Crippen LogP contribution in [0.15, 0.2) is 36.9 Å². The predicted octanol–water partition coefficient (Wildman–Crippen LogP) is 1.08. The SMILES string of the molecule is C=CC(=O)NCc1ccccc1CC(=O)NC(CO)CC1CCCO1. The number of ether oxygens (including phenoxy) is 1. The molecule has 0 spiro atoms. The lowest BCUT2D eigenvalue weighted by molar-refractivity contribution is -0.121. The number of amides is 2. The van der Waals surface area contributed by atoms with E-state index in [1.54, 1.807) is 0 Å². The summed E-state index contributed by atoms with van der Waals surface area (Å²) in [6.07, 6.45) is 4.14. The van der Waals surface area contributed by atoms with Crippen molar-refractivity contribution < 1.29 is 19.4 Å². The van der Waals surface area contributed by atoms with Gasteiger partial charge in [0.05, 0.1) is 25.2 Å². The van der Waals surface area contributed by atoms with Crippen LogP contribution >= 0.6 is 0 Å². The normalized spacial score (nSPS) is 17.7. The molecule has 6 heteroatoms. The van der Waals surface area contributed by atoms with Gasteiger partial charge in [0.1, 0.15) is 0 Å². The molecule has 1 aromatic rings. The summed E-state index contributed by atoms with van der Waals surface area (Å²) in [5.41, 5.74) is 1.73. The highest BCUT2D eigenvalue weighted by molar-refractivity contribution is 5.86. The van der Waals surface area contributed by atoms with Crippen LogP contribution in [-0.4, -0.2) is 42.3 Å². The third-order valence-corrected chi connectivity index (χ3v) is 4.26. The molecular weight excluding hydrogens is 320 g/mol. The Hall–Kier alpha value is -2.18. The van der Waals surface area contributed by atoms with Gasteiger partial charge in [0.25, 0.3) is 0 Å². The van der Waals surface area contributed by atoms with Crippen LogP contribution in [0.25, 0.3) is 0 Å². The Kier molecular flexibility index (Phi) is 7.63. The van der Waals surface area contributed by atoms with Crippen molar-refractivity contribution in [3.05, 3.63) is 48.0 Å². The van der Waals surface area contributed by atoms with Crippen molar-refractivity contribution in [1.82, 2.24) is 10.6 Å². The Morgan fingerprint density at radius 3 is 2.76 bits per heavy atom. The molecule has 136 valence electrons. The van der Waals surface area contributed by atoms with Crippen molar-refractivity contribution >= 4 is 11.8 Å². The van der Waals surface area contributed by atoms with Gasteiger partial charge in [0, 0.05) is 13.2 Å². The molecule has 0 saturated carbocycles. The average Bonchev–Trinajstić information content (AvgIpc) is 3.13. The molecular formula is C19H26N2O4. The topological polar surface area (TPSA) is 87.7 Å². The Labute approximate surface area is 148 Å². The fourth-order valence-electron chi connectivity index (χ4n) is 2.94. The van der Waals surface area contributed by atoms with Crippen molar-refractivity contribution in [1.29, 1.82) is 0 Å². The number of hydrogen-bond acceptors (Lipinski definition) is 4. The zero-order chi connectivity index (χ0) is 18.1. The van der Waals surface area contributed by atoms with Crippen LogP contribution in [0.3, 0.4) is 0 Å². The van der Waals surface area contributed by atoms with Crippen molar-refractivity contribution in [2.75, 3.05) is 13.2 Å². The molecule has 3 N–H and O–H groups in total. The smallest absolute Gasteiger partial charge is 0.243 e. The second-order valence-corrected chi connectivity index (χ2v) is 6.19. The number of rotatable bonds is 9. The fraction of sp³-hybridized carbons (Fsp3) is 0.474. The molecule has 2 rings (SSSR count). The molecule has 25 heavy (non-hydrogen) atoms. The standard InChI is InChI=1S/C19H26N2O4/c1-2-18(23)20-12-15-7-4-3-6-14(15)10-19(24)21-16(13-22)11-17-8-5-9-25-17/h2-4,6-7,16-17,22H,1,5,8-13H2,(H,20,23)(H,21,24). The number of nitrogens with one attached hydrogen (secondary N) is 2. The van der Waals surface area contributed by atoms with Crippen LogP contribution in [0, 0.1) is 0 Å². The minimum absolute atomic E-state index is 0.108. The second-order valence-electron chi connectivity index (χ2n) is 6.19. The first kappa shape index (κ1) is 19.1. The molecule has 2 amide bonds. The number of hydrogen-bond donors (Lipinski definition) is 3. The second kappa shape index (κ2) is 9.96. The Morgan fingerprint density at radius 1 is 1.36 bits per heavy atom. The van der Waals surface area contributed by atoms with Crippen LogP contribution < -0.4 is 10.6 Å². The Balaban J connectivity index is 1.90. The van der Waals surface area contributed by atoms with Gasteiger partial charge in [-0.3, -0.25) is 9.59 Å². The van der Waals surface area contributed by atoms with Gasteiger partial charge in [0.2, 0.25) is 11.8 Å². The highest BCUT2D eigenvalue weighted by atomic mass is 16.5. The van der Waals surface area contributed by atoms with Crippen molar-refractivity contribution in [2.24, 2.45) is 0 Å². The first-order chi connectivity index (χ1) is 12.1. The summed E-state index contributed by atoms with van der Waals surface area (Å²) in [5, 5.41) is 15.1. The number of aliphatic hydroxyl groups is 1.